The molecule has 0 saturated heterocycles. The Kier molecular flexibility index (Phi) is 7.09. The minimum absolute atomic E-state index is 0.750. The Morgan fingerprint density at radius 2 is 1.36 bits per heavy atom. The fourth-order valence-corrected chi connectivity index (χ4v) is 5.19. The first-order valence-corrected chi connectivity index (χ1v) is 9.41. The van der Waals surface area contributed by atoms with Gasteiger partial charge >= 0.3 is 0 Å². The summed E-state index contributed by atoms with van der Waals surface area (Å²) >= 11 is 0. The van der Waals surface area contributed by atoms with E-state index < -0.39 is 7.92 Å². The van der Waals surface area contributed by atoms with Gasteiger partial charge in [-0.15, -0.1) is 0 Å². The minimum atomic E-state index is -0.826. The maximum Gasteiger partial charge on any atom is 0.102 e. The number of hydrogen-bond acceptors (Lipinski definition) is 1. The molecule has 0 unspecified atom stereocenters. The number of rotatable bonds is 3. The quantitative estimate of drug-likeness (QED) is 0.850. The van der Waals surface area contributed by atoms with Gasteiger partial charge in [-0.1, -0.05) is 49.4 Å². The Labute approximate surface area is 135 Å². The summed E-state index contributed by atoms with van der Waals surface area (Å²) in [7, 11) is -0.826. The molecule has 0 bridgehead atoms. The summed E-state index contributed by atoms with van der Waals surface area (Å²) in [5.74, 6) is 0. The van der Waals surface area contributed by atoms with E-state index in [1.165, 1.54) is 28.8 Å². The van der Waals surface area contributed by atoms with Crippen LogP contribution >= 0.6 is 7.92 Å². The molecular formula is C20H25NP+. The van der Waals surface area contributed by atoms with Crippen LogP contribution in [0.4, 0.5) is 0 Å². The summed E-state index contributed by atoms with van der Waals surface area (Å²) < 4.78 is 0. The SMILES string of the molecule is C1=CC([PH+](c2ccccc2)c2ccccc2)=CCC1.CCN. The van der Waals surface area contributed by atoms with E-state index in [1.807, 2.05) is 6.92 Å². The summed E-state index contributed by atoms with van der Waals surface area (Å²) in [5, 5.41) is 4.46. The molecule has 2 aromatic rings. The predicted octanol–water partition coefficient (Wildman–Crippen LogP) is 4.05. The van der Waals surface area contributed by atoms with Gasteiger partial charge in [-0.25, -0.2) is 0 Å². The van der Waals surface area contributed by atoms with Crippen molar-refractivity contribution in [3.8, 4) is 0 Å². The zero-order chi connectivity index (χ0) is 15.6. The van der Waals surface area contributed by atoms with Crippen molar-refractivity contribution >= 4 is 18.5 Å². The van der Waals surface area contributed by atoms with Gasteiger partial charge in [-0.05, 0) is 55.8 Å². The zero-order valence-electron chi connectivity index (χ0n) is 13.2. The topological polar surface area (TPSA) is 26.0 Å². The second-order valence-electron chi connectivity index (χ2n) is 5.15. The van der Waals surface area contributed by atoms with Gasteiger partial charge in [-0.2, -0.15) is 0 Å². The minimum Gasteiger partial charge on any atom is -0.331 e. The summed E-state index contributed by atoms with van der Waals surface area (Å²) in [4.78, 5) is 0. The number of allylic oxidation sites excluding steroid dienone is 4. The van der Waals surface area contributed by atoms with E-state index in [4.69, 9.17) is 5.73 Å². The smallest absolute Gasteiger partial charge is 0.102 e. The van der Waals surface area contributed by atoms with Crippen LogP contribution in [0.3, 0.4) is 0 Å². The third-order valence-corrected chi connectivity index (χ3v) is 6.18. The molecule has 2 heteroatoms. The molecular weight excluding hydrogens is 285 g/mol. The molecule has 0 saturated carbocycles. The molecule has 1 aliphatic carbocycles. The van der Waals surface area contributed by atoms with Crippen LogP contribution in [0.25, 0.3) is 0 Å². The van der Waals surface area contributed by atoms with Crippen LogP contribution in [0.5, 0.6) is 0 Å². The molecule has 2 N–H and O–H groups in total. The van der Waals surface area contributed by atoms with Gasteiger partial charge in [0, 0.05) is 0 Å². The standard InChI is InChI=1S/C18H17P.C2H7N/c1-4-10-16(11-5-1)19(17-12-6-2-7-13-17)18-14-8-3-9-15-18;1-2-3/h1-2,4-8,10-15H,3,9H2;2-3H2,1H3/p+1. The highest BCUT2D eigenvalue weighted by atomic mass is 31.1. The maximum absolute atomic E-state index is 4.85. The lowest BCUT2D eigenvalue weighted by molar-refractivity contribution is 1.03. The summed E-state index contributed by atoms with van der Waals surface area (Å²) in [6.07, 6.45) is 9.43. The van der Waals surface area contributed by atoms with Gasteiger partial charge in [-0.3, -0.25) is 0 Å². The molecule has 2 aromatic carbocycles. The van der Waals surface area contributed by atoms with Gasteiger partial charge in [0.05, 0.1) is 13.2 Å². The number of nitrogens with two attached hydrogens (primary N) is 1. The second kappa shape index (κ2) is 9.35. The first kappa shape index (κ1) is 16.7. The molecule has 0 aliphatic heterocycles. The molecule has 0 fully saturated rings. The van der Waals surface area contributed by atoms with E-state index in [0.717, 1.165) is 6.54 Å². The largest absolute Gasteiger partial charge is 0.331 e. The van der Waals surface area contributed by atoms with Crippen LogP contribution in [-0.2, 0) is 0 Å². The Morgan fingerprint density at radius 1 is 0.864 bits per heavy atom. The lowest BCUT2D eigenvalue weighted by atomic mass is 10.2. The summed E-state index contributed by atoms with van der Waals surface area (Å²) in [5.41, 5.74) is 4.85. The normalized spacial score (nSPS) is 13.3. The molecule has 0 aromatic heterocycles. The van der Waals surface area contributed by atoms with E-state index in [0.29, 0.717) is 0 Å². The van der Waals surface area contributed by atoms with Gasteiger partial charge in [0.1, 0.15) is 10.6 Å². The van der Waals surface area contributed by atoms with Crippen LogP contribution in [0.1, 0.15) is 19.8 Å². The maximum atomic E-state index is 4.85. The highest BCUT2D eigenvalue weighted by molar-refractivity contribution is 7.77. The van der Waals surface area contributed by atoms with Gasteiger partial charge in [0.25, 0.3) is 0 Å². The van der Waals surface area contributed by atoms with Crippen molar-refractivity contribution in [2.75, 3.05) is 6.54 Å². The first-order chi connectivity index (χ1) is 10.9. The molecule has 22 heavy (non-hydrogen) atoms. The zero-order valence-corrected chi connectivity index (χ0v) is 14.2. The Hall–Kier alpha value is -1.69. The average Bonchev–Trinajstić information content (AvgIpc) is 2.59. The van der Waals surface area contributed by atoms with Crippen molar-refractivity contribution in [3.63, 3.8) is 0 Å². The molecule has 0 atom stereocenters. The van der Waals surface area contributed by atoms with Crippen molar-refractivity contribution in [2.45, 2.75) is 19.8 Å². The number of benzene rings is 2. The van der Waals surface area contributed by atoms with E-state index in [1.54, 1.807) is 0 Å². The second-order valence-corrected chi connectivity index (χ2v) is 7.64. The van der Waals surface area contributed by atoms with E-state index in [-0.39, 0.29) is 0 Å². The molecule has 1 aliphatic rings. The van der Waals surface area contributed by atoms with Crippen LogP contribution in [0.2, 0.25) is 0 Å². The van der Waals surface area contributed by atoms with Crippen molar-refractivity contribution in [1.29, 1.82) is 0 Å². The highest BCUT2D eigenvalue weighted by Crippen LogP contribution is 2.44. The molecule has 0 radical (unpaired) electrons. The number of hydrogen-bond donors (Lipinski definition) is 1. The fraction of sp³-hybridized carbons (Fsp3) is 0.200. The van der Waals surface area contributed by atoms with Crippen LogP contribution in [0.15, 0.2) is 84.2 Å². The van der Waals surface area contributed by atoms with Crippen LogP contribution < -0.4 is 16.3 Å². The molecule has 114 valence electrons. The average molecular weight is 310 g/mol. The van der Waals surface area contributed by atoms with Crippen LogP contribution in [0, 0.1) is 0 Å². The molecule has 1 nitrogen and oxygen atoms in total. The Bertz CT molecular complexity index is 563. The van der Waals surface area contributed by atoms with Crippen LogP contribution in [-0.4, -0.2) is 6.54 Å². The fourth-order valence-electron chi connectivity index (χ4n) is 2.51. The monoisotopic (exact) mass is 310 g/mol. The van der Waals surface area contributed by atoms with Crippen molar-refractivity contribution in [2.24, 2.45) is 5.73 Å². The molecule has 0 amide bonds. The lowest BCUT2D eigenvalue weighted by Gasteiger charge is -2.13. The van der Waals surface area contributed by atoms with E-state index >= 15 is 0 Å². The van der Waals surface area contributed by atoms with Crippen molar-refractivity contribution in [1.82, 2.24) is 0 Å². The van der Waals surface area contributed by atoms with Gasteiger partial charge in [0.2, 0.25) is 0 Å². The Balaban J connectivity index is 0.000000545. The van der Waals surface area contributed by atoms with Gasteiger partial charge in [0.15, 0.2) is 0 Å². The summed E-state index contributed by atoms with van der Waals surface area (Å²) in [6.45, 7) is 2.65. The molecule has 3 rings (SSSR count). The Morgan fingerprint density at radius 3 is 1.77 bits per heavy atom. The predicted molar refractivity (Wildman–Crippen MR) is 102 cm³/mol. The first-order valence-electron chi connectivity index (χ1n) is 7.91. The third-order valence-electron chi connectivity index (χ3n) is 3.41. The molecule has 0 spiro atoms. The summed E-state index contributed by atoms with van der Waals surface area (Å²) in [6, 6.07) is 21.9. The van der Waals surface area contributed by atoms with E-state index in [2.05, 4.69) is 78.9 Å². The lowest BCUT2D eigenvalue weighted by Crippen LogP contribution is -2.12. The molecule has 0 heterocycles. The van der Waals surface area contributed by atoms with Gasteiger partial charge < -0.3 is 5.73 Å². The third kappa shape index (κ3) is 4.66. The van der Waals surface area contributed by atoms with Crippen molar-refractivity contribution < 1.29 is 0 Å². The van der Waals surface area contributed by atoms with E-state index in [9.17, 15) is 0 Å². The highest BCUT2D eigenvalue weighted by Gasteiger charge is 2.26. The van der Waals surface area contributed by atoms with Crippen molar-refractivity contribution in [3.05, 3.63) is 84.2 Å².